The Hall–Kier alpha value is -1.17. The average molecular weight is 517 g/mol. The Kier molecular flexibility index (Phi) is 11.3. The largest absolute Gasteiger partial charge is 0.485 e. The standard InChI is InChI=1S/C26H37N3O.3ClH/c1-19-20(2)25-23(21(3)24(19)27)17-26(4,30-25)18-29-15-13-28(14-16-29)12-8-11-22-9-6-5-7-10-22;;;/h5-7,9-10H,8,11-18,27H2,1-4H3;3*1H. The minimum atomic E-state index is -0.159. The fourth-order valence-corrected chi connectivity index (χ4v) is 5.10. The van der Waals surface area contributed by atoms with Crippen molar-refractivity contribution in [3.63, 3.8) is 0 Å². The first kappa shape index (κ1) is 29.9. The van der Waals surface area contributed by atoms with Gasteiger partial charge in [-0.05, 0) is 69.3 Å². The second-order valence-electron chi connectivity index (χ2n) is 9.53. The van der Waals surface area contributed by atoms with Gasteiger partial charge in [0.1, 0.15) is 11.4 Å². The van der Waals surface area contributed by atoms with Gasteiger partial charge in [-0.25, -0.2) is 0 Å². The number of piperazine rings is 1. The molecule has 4 nitrogen and oxygen atoms in total. The number of aryl methyl sites for hydroxylation is 1. The molecule has 1 unspecified atom stereocenters. The average Bonchev–Trinajstić information content (AvgIpc) is 3.10. The minimum Gasteiger partial charge on any atom is -0.485 e. The Balaban J connectivity index is 0.00000181. The summed E-state index contributed by atoms with van der Waals surface area (Å²) in [4.78, 5) is 5.20. The van der Waals surface area contributed by atoms with Crippen molar-refractivity contribution in [2.45, 2.75) is 52.6 Å². The molecule has 1 saturated heterocycles. The maximum absolute atomic E-state index is 6.57. The third-order valence-corrected chi connectivity index (χ3v) is 7.14. The Labute approximate surface area is 218 Å². The van der Waals surface area contributed by atoms with Crippen molar-refractivity contribution in [3.8, 4) is 5.75 Å². The number of nitrogen functional groups attached to an aromatic ring is 1. The number of hydrogen-bond acceptors (Lipinski definition) is 4. The lowest BCUT2D eigenvalue weighted by atomic mass is 9.91. The summed E-state index contributed by atoms with van der Waals surface area (Å²) < 4.78 is 6.57. The second kappa shape index (κ2) is 12.5. The molecule has 2 heterocycles. The van der Waals surface area contributed by atoms with Crippen LogP contribution >= 0.6 is 37.2 Å². The molecule has 2 aliphatic rings. The highest BCUT2D eigenvalue weighted by Gasteiger charge is 2.39. The number of halogens is 3. The smallest absolute Gasteiger partial charge is 0.127 e. The Bertz CT molecular complexity index is 863. The summed E-state index contributed by atoms with van der Waals surface area (Å²) in [6, 6.07) is 10.8. The lowest BCUT2D eigenvalue weighted by Crippen LogP contribution is -2.52. The van der Waals surface area contributed by atoms with E-state index < -0.39 is 0 Å². The van der Waals surface area contributed by atoms with Crippen LogP contribution in [-0.2, 0) is 12.8 Å². The monoisotopic (exact) mass is 515 g/mol. The van der Waals surface area contributed by atoms with E-state index in [2.05, 4.69) is 67.8 Å². The van der Waals surface area contributed by atoms with E-state index in [0.29, 0.717) is 0 Å². The van der Waals surface area contributed by atoms with E-state index in [1.165, 1.54) is 47.2 Å². The van der Waals surface area contributed by atoms with Gasteiger partial charge in [-0.2, -0.15) is 0 Å². The van der Waals surface area contributed by atoms with E-state index in [0.717, 1.165) is 50.6 Å². The van der Waals surface area contributed by atoms with E-state index in [1.807, 2.05) is 0 Å². The van der Waals surface area contributed by atoms with Crippen molar-refractivity contribution >= 4 is 42.9 Å². The highest BCUT2D eigenvalue weighted by Crippen LogP contribution is 2.43. The van der Waals surface area contributed by atoms with Crippen LogP contribution in [0.2, 0.25) is 0 Å². The molecule has 0 radical (unpaired) electrons. The van der Waals surface area contributed by atoms with Crippen LogP contribution in [0.4, 0.5) is 5.69 Å². The molecule has 0 bridgehead atoms. The molecule has 0 spiro atoms. The van der Waals surface area contributed by atoms with Gasteiger partial charge in [0.2, 0.25) is 0 Å². The molecule has 1 atom stereocenters. The normalized spacial score (nSPS) is 20.1. The van der Waals surface area contributed by atoms with Gasteiger partial charge in [0.05, 0.1) is 0 Å². The number of nitrogens with two attached hydrogens (primary N) is 1. The summed E-state index contributed by atoms with van der Waals surface area (Å²) in [5.41, 5.74) is 13.5. The van der Waals surface area contributed by atoms with E-state index in [4.69, 9.17) is 10.5 Å². The molecule has 186 valence electrons. The molecular formula is C26H40Cl3N3O. The molecule has 2 aromatic rings. The fraction of sp³-hybridized carbons (Fsp3) is 0.538. The van der Waals surface area contributed by atoms with E-state index in [1.54, 1.807) is 0 Å². The molecule has 0 saturated carbocycles. The van der Waals surface area contributed by atoms with Gasteiger partial charge in [-0.3, -0.25) is 4.90 Å². The van der Waals surface area contributed by atoms with Gasteiger partial charge in [0.25, 0.3) is 0 Å². The molecule has 7 heteroatoms. The van der Waals surface area contributed by atoms with Gasteiger partial charge < -0.3 is 15.4 Å². The Morgan fingerprint density at radius 3 is 2.12 bits per heavy atom. The van der Waals surface area contributed by atoms with E-state index in [9.17, 15) is 0 Å². The first-order valence-corrected chi connectivity index (χ1v) is 11.4. The Morgan fingerprint density at radius 2 is 1.48 bits per heavy atom. The third-order valence-electron chi connectivity index (χ3n) is 7.14. The van der Waals surface area contributed by atoms with Gasteiger partial charge in [-0.15, -0.1) is 37.2 Å². The number of anilines is 1. The number of nitrogens with zero attached hydrogens (tertiary/aromatic N) is 2. The van der Waals surface area contributed by atoms with Crippen LogP contribution < -0.4 is 10.5 Å². The van der Waals surface area contributed by atoms with Crippen LogP contribution in [0.1, 0.15) is 41.2 Å². The molecule has 2 aromatic carbocycles. The lowest BCUT2D eigenvalue weighted by Gasteiger charge is -2.38. The molecule has 0 aromatic heterocycles. The van der Waals surface area contributed by atoms with Crippen molar-refractivity contribution in [3.05, 3.63) is 58.1 Å². The van der Waals surface area contributed by atoms with Crippen molar-refractivity contribution in [1.29, 1.82) is 0 Å². The van der Waals surface area contributed by atoms with Crippen molar-refractivity contribution in [2.75, 3.05) is 45.0 Å². The number of ether oxygens (including phenoxy) is 1. The first-order valence-electron chi connectivity index (χ1n) is 11.4. The molecule has 33 heavy (non-hydrogen) atoms. The Morgan fingerprint density at radius 1 is 0.879 bits per heavy atom. The molecule has 2 N–H and O–H groups in total. The predicted molar refractivity (Wildman–Crippen MR) is 147 cm³/mol. The highest BCUT2D eigenvalue weighted by atomic mass is 35.5. The van der Waals surface area contributed by atoms with E-state index in [-0.39, 0.29) is 42.8 Å². The summed E-state index contributed by atoms with van der Waals surface area (Å²) in [7, 11) is 0. The molecule has 2 aliphatic heterocycles. The van der Waals surface area contributed by atoms with Crippen molar-refractivity contribution in [1.82, 2.24) is 9.80 Å². The lowest BCUT2D eigenvalue weighted by molar-refractivity contribution is 0.0377. The van der Waals surface area contributed by atoms with Crippen LogP contribution in [0.3, 0.4) is 0 Å². The summed E-state index contributed by atoms with van der Waals surface area (Å²) in [6.45, 7) is 15.4. The minimum absolute atomic E-state index is 0. The number of hydrogen-bond donors (Lipinski definition) is 1. The number of rotatable bonds is 6. The quantitative estimate of drug-likeness (QED) is 0.522. The summed E-state index contributed by atoms with van der Waals surface area (Å²) in [5, 5.41) is 0. The van der Waals surface area contributed by atoms with Gasteiger partial charge in [0.15, 0.2) is 0 Å². The number of benzene rings is 2. The maximum Gasteiger partial charge on any atom is 0.127 e. The summed E-state index contributed by atoms with van der Waals surface area (Å²) in [5.74, 6) is 1.08. The van der Waals surface area contributed by atoms with Crippen LogP contribution in [0.15, 0.2) is 30.3 Å². The van der Waals surface area contributed by atoms with Gasteiger partial charge in [0, 0.05) is 50.4 Å². The number of fused-ring (bicyclic) bond motifs is 1. The maximum atomic E-state index is 6.57. The van der Waals surface area contributed by atoms with Crippen LogP contribution in [0.25, 0.3) is 0 Å². The van der Waals surface area contributed by atoms with E-state index >= 15 is 0 Å². The topological polar surface area (TPSA) is 41.7 Å². The predicted octanol–water partition coefficient (Wildman–Crippen LogP) is 5.40. The van der Waals surface area contributed by atoms with Gasteiger partial charge in [-0.1, -0.05) is 30.3 Å². The zero-order valence-corrected chi connectivity index (χ0v) is 22.8. The molecular weight excluding hydrogens is 477 g/mol. The highest BCUT2D eigenvalue weighted by molar-refractivity contribution is 5.86. The molecule has 0 amide bonds. The second-order valence-corrected chi connectivity index (χ2v) is 9.53. The van der Waals surface area contributed by atoms with Gasteiger partial charge >= 0.3 is 0 Å². The zero-order chi connectivity index (χ0) is 21.3. The third kappa shape index (κ3) is 6.70. The summed E-state index contributed by atoms with van der Waals surface area (Å²) >= 11 is 0. The fourth-order valence-electron chi connectivity index (χ4n) is 5.10. The van der Waals surface area contributed by atoms with Crippen molar-refractivity contribution in [2.24, 2.45) is 0 Å². The van der Waals surface area contributed by atoms with Crippen LogP contribution in [-0.4, -0.2) is 54.7 Å². The zero-order valence-electron chi connectivity index (χ0n) is 20.4. The van der Waals surface area contributed by atoms with Crippen LogP contribution in [0.5, 0.6) is 5.75 Å². The molecule has 0 aliphatic carbocycles. The molecule has 1 fully saturated rings. The molecule has 4 rings (SSSR count). The first-order chi connectivity index (χ1) is 14.4. The van der Waals surface area contributed by atoms with Crippen molar-refractivity contribution < 1.29 is 4.74 Å². The van der Waals surface area contributed by atoms with Crippen LogP contribution in [0, 0.1) is 20.8 Å². The summed E-state index contributed by atoms with van der Waals surface area (Å²) in [6.07, 6.45) is 3.36. The SMILES string of the molecule is Cc1c(C)c2c(c(C)c1N)CC(C)(CN1CCN(CCCc3ccccc3)CC1)O2.Cl.Cl.Cl.